The van der Waals surface area contributed by atoms with Crippen molar-refractivity contribution >= 4 is 0 Å². The van der Waals surface area contributed by atoms with Gasteiger partial charge in [0, 0.05) is 5.56 Å². The van der Waals surface area contributed by atoms with E-state index in [-0.39, 0.29) is 5.82 Å². The van der Waals surface area contributed by atoms with E-state index in [1.165, 1.54) is 18.2 Å². The van der Waals surface area contributed by atoms with Crippen molar-refractivity contribution in [3.8, 4) is 17.2 Å². The van der Waals surface area contributed by atoms with Crippen LogP contribution in [0.1, 0.15) is 11.1 Å². The zero-order valence-corrected chi connectivity index (χ0v) is 8.87. The van der Waals surface area contributed by atoms with Gasteiger partial charge in [-0.25, -0.2) is 4.39 Å². The van der Waals surface area contributed by atoms with E-state index in [0.717, 1.165) is 11.1 Å². The summed E-state index contributed by atoms with van der Waals surface area (Å²) in [6, 6.07) is 13.9. The summed E-state index contributed by atoms with van der Waals surface area (Å²) in [7, 11) is 0. The maximum atomic E-state index is 13.2. The maximum absolute atomic E-state index is 13.2. The fourth-order valence-corrected chi connectivity index (χ4v) is 1.71. The Kier molecular flexibility index (Phi) is 2.70. The zero-order valence-electron chi connectivity index (χ0n) is 8.87. The number of rotatable bonds is 1. The molecule has 0 atom stereocenters. The minimum Gasteiger partial charge on any atom is -0.207 e. The van der Waals surface area contributed by atoms with Crippen molar-refractivity contribution in [1.82, 2.24) is 0 Å². The monoisotopic (exact) mass is 211 g/mol. The Balaban J connectivity index is 2.69. The maximum Gasteiger partial charge on any atom is 0.123 e. The molecule has 0 saturated carbocycles. The fraction of sp³-hybridized carbons (Fsp3) is 0.0714. The average Bonchev–Trinajstić information content (AvgIpc) is 2.29. The summed E-state index contributed by atoms with van der Waals surface area (Å²) >= 11 is 0. The van der Waals surface area contributed by atoms with Gasteiger partial charge in [0.05, 0.1) is 11.6 Å². The molecule has 0 radical (unpaired) electrons. The van der Waals surface area contributed by atoms with Crippen molar-refractivity contribution in [2.24, 2.45) is 0 Å². The fourth-order valence-electron chi connectivity index (χ4n) is 1.71. The Hall–Kier alpha value is -2.14. The van der Waals surface area contributed by atoms with Crippen LogP contribution in [0.5, 0.6) is 0 Å². The highest BCUT2D eigenvalue weighted by atomic mass is 19.1. The van der Waals surface area contributed by atoms with E-state index in [4.69, 9.17) is 5.26 Å². The number of benzene rings is 2. The molecule has 0 bridgehead atoms. The Morgan fingerprint density at radius 2 is 1.81 bits per heavy atom. The van der Waals surface area contributed by atoms with Crippen LogP contribution >= 0.6 is 0 Å². The van der Waals surface area contributed by atoms with E-state index in [1.807, 2.05) is 31.2 Å². The number of aryl methyl sites for hydroxylation is 1. The normalized spacial score (nSPS) is 9.81. The van der Waals surface area contributed by atoms with Gasteiger partial charge in [-0.3, -0.25) is 0 Å². The molecular formula is C14H10FN. The van der Waals surface area contributed by atoms with Crippen molar-refractivity contribution in [1.29, 1.82) is 5.26 Å². The summed E-state index contributed by atoms with van der Waals surface area (Å²) in [6.45, 7) is 1.95. The predicted octanol–water partition coefficient (Wildman–Crippen LogP) is 3.67. The third kappa shape index (κ3) is 1.80. The first-order valence-corrected chi connectivity index (χ1v) is 4.98. The van der Waals surface area contributed by atoms with Crippen LogP contribution in [0.3, 0.4) is 0 Å². The summed E-state index contributed by atoms with van der Waals surface area (Å²) in [4.78, 5) is 0. The average molecular weight is 211 g/mol. The molecule has 2 aromatic rings. The molecule has 0 aliphatic heterocycles. The van der Waals surface area contributed by atoms with Gasteiger partial charge in [0.25, 0.3) is 0 Å². The molecule has 78 valence electrons. The van der Waals surface area contributed by atoms with Gasteiger partial charge in [0.15, 0.2) is 0 Å². The quantitative estimate of drug-likeness (QED) is 0.706. The summed E-state index contributed by atoms with van der Waals surface area (Å²) in [5.41, 5.74) is 3.08. The molecule has 0 aliphatic carbocycles. The number of hydrogen-bond acceptors (Lipinski definition) is 1. The standard InChI is InChI=1S/C14H10FN/c1-10-4-2-3-5-13(10)14-8-12(15)7-6-11(14)9-16/h2-8H,1H3. The van der Waals surface area contributed by atoms with Crippen LogP contribution in [0.25, 0.3) is 11.1 Å². The summed E-state index contributed by atoms with van der Waals surface area (Å²) in [5.74, 6) is -0.322. The van der Waals surface area contributed by atoms with E-state index in [1.54, 1.807) is 0 Å². The third-order valence-corrected chi connectivity index (χ3v) is 2.54. The molecule has 0 spiro atoms. The molecule has 2 aromatic carbocycles. The Morgan fingerprint density at radius 3 is 2.50 bits per heavy atom. The zero-order chi connectivity index (χ0) is 11.5. The minimum absolute atomic E-state index is 0.322. The molecule has 0 heterocycles. The molecule has 1 nitrogen and oxygen atoms in total. The first-order valence-electron chi connectivity index (χ1n) is 4.98. The van der Waals surface area contributed by atoms with Gasteiger partial charge < -0.3 is 0 Å². The lowest BCUT2D eigenvalue weighted by atomic mass is 9.96. The summed E-state index contributed by atoms with van der Waals surface area (Å²) in [6.07, 6.45) is 0. The first-order chi connectivity index (χ1) is 7.72. The predicted molar refractivity (Wildman–Crippen MR) is 61.3 cm³/mol. The van der Waals surface area contributed by atoms with E-state index >= 15 is 0 Å². The number of nitrogens with zero attached hydrogens (tertiary/aromatic N) is 1. The summed E-state index contributed by atoms with van der Waals surface area (Å²) < 4.78 is 13.2. The molecule has 2 heteroatoms. The van der Waals surface area contributed by atoms with Crippen molar-refractivity contribution < 1.29 is 4.39 Å². The van der Waals surface area contributed by atoms with Crippen LogP contribution in [-0.2, 0) is 0 Å². The molecule has 0 aliphatic rings. The second-order valence-electron chi connectivity index (χ2n) is 3.62. The van der Waals surface area contributed by atoms with Gasteiger partial charge in [-0.1, -0.05) is 24.3 Å². The van der Waals surface area contributed by atoms with Crippen molar-refractivity contribution in [2.45, 2.75) is 6.92 Å². The second-order valence-corrected chi connectivity index (χ2v) is 3.62. The van der Waals surface area contributed by atoms with Gasteiger partial charge in [-0.05, 0) is 36.2 Å². The minimum atomic E-state index is -0.322. The topological polar surface area (TPSA) is 23.8 Å². The highest BCUT2D eigenvalue weighted by Gasteiger charge is 2.07. The van der Waals surface area contributed by atoms with Crippen LogP contribution < -0.4 is 0 Å². The SMILES string of the molecule is Cc1ccccc1-c1cc(F)ccc1C#N. The molecular weight excluding hydrogens is 201 g/mol. The van der Waals surface area contributed by atoms with Gasteiger partial charge in [0.1, 0.15) is 5.82 Å². The number of halogens is 1. The van der Waals surface area contributed by atoms with Gasteiger partial charge in [-0.15, -0.1) is 0 Å². The Bertz CT molecular complexity index is 567. The highest BCUT2D eigenvalue weighted by molar-refractivity contribution is 5.73. The van der Waals surface area contributed by atoms with Crippen molar-refractivity contribution in [3.63, 3.8) is 0 Å². The van der Waals surface area contributed by atoms with Gasteiger partial charge >= 0.3 is 0 Å². The lowest BCUT2D eigenvalue weighted by Gasteiger charge is -2.07. The molecule has 2 rings (SSSR count). The Labute approximate surface area is 93.8 Å². The third-order valence-electron chi connectivity index (χ3n) is 2.54. The molecule has 0 aromatic heterocycles. The van der Waals surface area contributed by atoms with Crippen molar-refractivity contribution in [3.05, 3.63) is 59.4 Å². The van der Waals surface area contributed by atoms with E-state index in [0.29, 0.717) is 11.1 Å². The molecule has 0 saturated heterocycles. The summed E-state index contributed by atoms with van der Waals surface area (Å²) in [5, 5.41) is 8.99. The lowest BCUT2D eigenvalue weighted by Crippen LogP contribution is -1.88. The molecule has 16 heavy (non-hydrogen) atoms. The number of nitriles is 1. The largest absolute Gasteiger partial charge is 0.207 e. The lowest BCUT2D eigenvalue weighted by molar-refractivity contribution is 0.628. The van der Waals surface area contributed by atoms with E-state index < -0.39 is 0 Å². The van der Waals surface area contributed by atoms with Crippen LogP contribution in [0.4, 0.5) is 4.39 Å². The van der Waals surface area contributed by atoms with Crippen LogP contribution in [0.2, 0.25) is 0 Å². The molecule has 0 unspecified atom stereocenters. The second kappa shape index (κ2) is 4.16. The molecule has 0 amide bonds. The first kappa shape index (κ1) is 10.4. The molecule has 0 fully saturated rings. The Morgan fingerprint density at radius 1 is 1.06 bits per heavy atom. The van der Waals surface area contributed by atoms with Gasteiger partial charge in [-0.2, -0.15) is 5.26 Å². The van der Waals surface area contributed by atoms with E-state index in [9.17, 15) is 4.39 Å². The highest BCUT2D eigenvalue weighted by Crippen LogP contribution is 2.27. The van der Waals surface area contributed by atoms with Crippen LogP contribution in [0.15, 0.2) is 42.5 Å². The van der Waals surface area contributed by atoms with Crippen LogP contribution in [-0.4, -0.2) is 0 Å². The van der Waals surface area contributed by atoms with E-state index in [2.05, 4.69) is 6.07 Å². The van der Waals surface area contributed by atoms with Crippen molar-refractivity contribution in [2.75, 3.05) is 0 Å². The van der Waals surface area contributed by atoms with Gasteiger partial charge in [0.2, 0.25) is 0 Å². The smallest absolute Gasteiger partial charge is 0.123 e. The molecule has 0 N–H and O–H groups in total. The number of hydrogen-bond donors (Lipinski definition) is 0. The van der Waals surface area contributed by atoms with Crippen LogP contribution in [0, 0.1) is 24.1 Å².